The van der Waals surface area contributed by atoms with Crippen molar-refractivity contribution in [2.24, 2.45) is 0 Å². The predicted molar refractivity (Wildman–Crippen MR) is 78.4 cm³/mol. The second-order valence-corrected chi connectivity index (χ2v) is 4.80. The fraction of sp³-hybridized carbons (Fsp3) is 0.286. The third-order valence-corrected chi connectivity index (χ3v) is 3.00. The molecular formula is C14H16N2O8. The van der Waals surface area contributed by atoms with E-state index in [1.807, 2.05) is 5.32 Å². The molecule has 1 rings (SSSR count). The van der Waals surface area contributed by atoms with Gasteiger partial charge in [0, 0.05) is 6.42 Å². The van der Waals surface area contributed by atoms with Crippen LogP contribution in [0.1, 0.15) is 24.4 Å². The molecule has 1 aromatic carbocycles. The van der Waals surface area contributed by atoms with E-state index in [1.165, 1.54) is 24.3 Å². The van der Waals surface area contributed by atoms with Gasteiger partial charge in [0.05, 0.1) is 0 Å². The first-order chi connectivity index (χ1) is 11.2. The number of phenolic OH excluding ortho intramolecular Hbond substituents is 1. The highest BCUT2D eigenvalue weighted by atomic mass is 16.4. The lowest BCUT2D eigenvalue weighted by Gasteiger charge is -2.18. The molecule has 2 atom stereocenters. The van der Waals surface area contributed by atoms with Crippen molar-refractivity contribution in [1.29, 1.82) is 0 Å². The second-order valence-electron chi connectivity index (χ2n) is 4.80. The van der Waals surface area contributed by atoms with Crippen LogP contribution in [-0.4, -0.2) is 50.4 Å². The number of phenols is 1. The lowest BCUT2D eigenvalue weighted by atomic mass is 10.1. The van der Waals surface area contributed by atoms with E-state index in [0.29, 0.717) is 0 Å². The Labute approximate surface area is 135 Å². The molecule has 0 saturated heterocycles. The van der Waals surface area contributed by atoms with Gasteiger partial charge in [0.15, 0.2) is 6.04 Å². The highest BCUT2D eigenvalue weighted by Crippen LogP contribution is 2.17. The fourth-order valence-electron chi connectivity index (χ4n) is 1.81. The quantitative estimate of drug-likeness (QED) is 0.387. The average Bonchev–Trinajstić information content (AvgIpc) is 2.49. The summed E-state index contributed by atoms with van der Waals surface area (Å²) in [5, 5.41) is 39.9. The van der Waals surface area contributed by atoms with E-state index < -0.39 is 42.4 Å². The number of amides is 2. The minimum absolute atomic E-state index is 0.0908. The molecule has 0 spiro atoms. The van der Waals surface area contributed by atoms with Crippen LogP contribution < -0.4 is 10.6 Å². The summed E-state index contributed by atoms with van der Waals surface area (Å²) in [6.45, 7) is 0. The molecule has 0 aliphatic heterocycles. The molecule has 0 fully saturated rings. The van der Waals surface area contributed by atoms with E-state index in [0.717, 1.165) is 0 Å². The molecular weight excluding hydrogens is 324 g/mol. The summed E-state index contributed by atoms with van der Waals surface area (Å²) < 4.78 is 0. The number of hydrogen-bond acceptors (Lipinski definition) is 5. The molecule has 0 saturated carbocycles. The largest absolute Gasteiger partial charge is 0.508 e. The number of carboxylic acids is 3. The van der Waals surface area contributed by atoms with Crippen molar-refractivity contribution in [3.63, 3.8) is 0 Å². The molecule has 0 aliphatic rings. The predicted octanol–water partition coefficient (Wildman–Crippen LogP) is 0.135. The van der Waals surface area contributed by atoms with Crippen molar-refractivity contribution >= 4 is 23.9 Å². The smallest absolute Gasteiger partial charge is 0.330 e. The summed E-state index contributed by atoms with van der Waals surface area (Å²) in [6.07, 6.45) is -0.827. The summed E-state index contributed by atoms with van der Waals surface area (Å²) in [5.74, 6) is -4.15. The van der Waals surface area contributed by atoms with Gasteiger partial charge in [0.1, 0.15) is 11.8 Å². The van der Waals surface area contributed by atoms with Crippen molar-refractivity contribution in [3.05, 3.63) is 29.8 Å². The maximum Gasteiger partial charge on any atom is 0.330 e. The number of aromatic hydroxyl groups is 1. The molecule has 0 aromatic heterocycles. The van der Waals surface area contributed by atoms with Crippen LogP contribution >= 0.6 is 0 Å². The Morgan fingerprint density at radius 1 is 0.917 bits per heavy atom. The van der Waals surface area contributed by atoms with Gasteiger partial charge in [-0.15, -0.1) is 0 Å². The van der Waals surface area contributed by atoms with Crippen molar-refractivity contribution in [3.8, 4) is 5.75 Å². The molecule has 6 N–H and O–H groups in total. The molecule has 0 heterocycles. The van der Waals surface area contributed by atoms with E-state index in [2.05, 4.69) is 5.32 Å². The summed E-state index contributed by atoms with van der Waals surface area (Å²) in [4.78, 5) is 44.5. The maximum atomic E-state index is 11.8. The topological polar surface area (TPSA) is 173 Å². The van der Waals surface area contributed by atoms with Crippen LogP contribution in [0.3, 0.4) is 0 Å². The van der Waals surface area contributed by atoms with Gasteiger partial charge in [-0.25, -0.2) is 14.4 Å². The van der Waals surface area contributed by atoms with Gasteiger partial charge >= 0.3 is 23.9 Å². The molecule has 10 heteroatoms. The Hall–Kier alpha value is -3.30. The van der Waals surface area contributed by atoms with Gasteiger partial charge in [0.2, 0.25) is 0 Å². The normalized spacial score (nSPS) is 12.7. The van der Waals surface area contributed by atoms with Crippen molar-refractivity contribution in [2.45, 2.75) is 24.9 Å². The highest BCUT2D eigenvalue weighted by Gasteiger charge is 2.25. The first-order valence-corrected chi connectivity index (χ1v) is 6.74. The van der Waals surface area contributed by atoms with Crippen LogP contribution in [0.4, 0.5) is 4.79 Å². The van der Waals surface area contributed by atoms with Crippen molar-refractivity contribution in [1.82, 2.24) is 10.6 Å². The number of carbonyl (C=O) groups excluding carboxylic acids is 1. The monoisotopic (exact) mass is 340 g/mol. The Bertz CT molecular complexity index is 628. The Balaban J connectivity index is 2.77. The molecule has 130 valence electrons. The molecule has 0 radical (unpaired) electrons. The van der Waals surface area contributed by atoms with Gasteiger partial charge in [-0.2, -0.15) is 0 Å². The third-order valence-electron chi connectivity index (χ3n) is 3.00. The Morgan fingerprint density at radius 2 is 1.50 bits per heavy atom. The van der Waals surface area contributed by atoms with E-state index in [4.69, 9.17) is 15.3 Å². The van der Waals surface area contributed by atoms with Gasteiger partial charge in [0.25, 0.3) is 0 Å². The average molecular weight is 340 g/mol. The Kier molecular flexibility index (Phi) is 6.53. The SMILES string of the molecule is O=C(O)CC[C@H](NC(=O)N[C@H](C(=O)O)c1ccc(O)cc1)C(=O)O. The summed E-state index contributed by atoms with van der Waals surface area (Å²) in [6, 6.07) is 1.01. The van der Waals surface area contributed by atoms with E-state index in [1.54, 1.807) is 0 Å². The van der Waals surface area contributed by atoms with Gasteiger partial charge in [-0.3, -0.25) is 4.79 Å². The standard InChI is InChI=1S/C14H16N2O8/c17-8-3-1-7(2-4-8)11(13(22)23)16-14(24)15-9(12(20)21)5-6-10(18)19/h1-4,9,11,17H,5-6H2,(H,18,19)(H,20,21)(H,22,23)(H2,15,16,24)/t9-,11-/m0/s1. The Morgan fingerprint density at radius 3 is 1.96 bits per heavy atom. The molecule has 2 amide bonds. The van der Waals surface area contributed by atoms with Crippen LogP contribution in [0.15, 0.2) is 24.3 Å². The number of aliphatic carboxylic acids is 3. The number of rotatable bonds is 8. The van der Waals surface area contributed by atoms with Crippen molar-refractivity contribution < 1.29 is 39.6 Å². The number of carboxylic acid groups (broad SMARTS) is 3. The first-order valence-electron chi connectivity index (χ1n) is 6.74. The van der Waals surface area contributed by atoms with Gasteiger partial charge in [-0.05, 0) is 24.1 Å². The number of nitrogens with one attached hydrogen (secondary N) is 2. The van der Waals surface area contributed by atoms with Gasteiger partial charge < -0.3 is 31.1 Å². The number of hydrogen-bond donors (Lipinski definition) is 6. The number of urea groups is 1. The van der Waals surface area contributed by atoms with Crippen LogP contribution in [-0.2, 0) is 14.4 Å². The number of benzene rings is 1. The molecule has 0 unspecified atom stereocenters. The zero-order valence-corrected chi connectivity index (χ0v) is 12.3. The summed E-state index contributed by atoms with van der Waals surface area (Å²) in [5.41, 5.74) is 0.160. The molecule has 0 aliphatic carbocycles. The minimum atomic E-state index is -1.48. The highest BCUT2D eigenvalue weighted by molar-refractivity contribution is 5.87. The fourth-order valence-corrected chi connectivity index (χ4v) is 1.81. The lowest BCUT2D eigenvalue weighted by Crippen LogP contribution is -2.48. The first kappa shape index (κ1) is 18.7. The molecule has 0 bridgehead atoms. The second kappa shape index (κ2) is 8.36. The van der Waals surface area contributed by atoms with Crippen LogP contribution in [0, 0.1) is 0 Å². The third kappa shape index (κ3) is 5.83. The zero-order valence-electron chi connectivity index (χ0n) is 12.3. The van der Waals surface area contributed by atoms with Crippen LogP contribution in [0.5, 0.6) is 5.75 Å². The molecule has 24 heavy (non-hydrogen) atoms. The minimum Gasteiger partial charge on any atom is -0.508 e. The molecule has 10 nitrogen and oxygen atoms in total. The van der Waals surface area contributed by atoms with E-state index in [9.17, 15) is 24.3 Å². The summed E-state index contributed by atoms with van der Waals surface area (Å²) >= 11 is 0. The zero-order chi connectivity index (χ0) is 18.3. The van der Waals surface area contributed by atoms with Crippen LogP contribution in [0.2, 0.25) is 0 Å². The lowest BCUT2D eigenvalue weighted by molar-refractivity contribution is -0.140. The van der Waals surface area contributed by atoms with E-state index >= 15 is 0 Å². The van der Waals surface area contributed by atoms with Crippen molar-refractivity contribution in [2.75, 3.05) is 0 Å². The van der Waals surface area contributed by atoms with Gasteiger partial charge in [-0.1, -0.05) is 12.1 Å². The van der Waals surface area contributed by atoms with Crippen LogP contribution in [0.25, 0.3) is 0 Å². The maximum absolute atomic E-state index is 11.8. The van der Waals surface area contributed by atoms with E-state index in [-0.39, 0.29) is 17.7 Å². The number of carbonyl (C=O) groups is 4. The molecule has 1 aromatic rings. The summed E-state index contributed by atoms with van der Waals surface area (Å²) in [7, 11) is 0.